The van der Waals surface area contributed by atoms with Crippen molar-refractivity contribution in [2.24, 2.45) is 0 Å². The van der Waals surface area contributed by atoms with Crippen LogP contribution in [0.3, 0.4) is 0 Å². The van der Waals surface area contributed by atoms with Gasteiger partial charge >= 0.3 is 12.1 Å². The van der Waals surface area contributed by atoms with Crippen molar-refractivity contribution in [3.63, 3.8) is 0 Å². The van der Waals surface area contributed by atoms with Gasteiger partial charge in [-0.25, -0.2) is 0 Å². The second-order valence-electron chi connectivity index (χ2n) is 4.11. The van der Waals surface area contributed by atoms with Crippen molar-refractivity contribution in [2.75, 3.05) is 24.7 Å². The number of hydrogen-bond acceptors (Lipinski definition) is 4. The second kappa shape index (κ2) is 8.52. The van der Waals surface area contributed by atoms with Crippen LogP contribution in [-0.2, 0) is 15.8 Å². The molecule has 9 heteroatoms. The maximum absolute atomic E-state index is 12.3. The van der Waals surface area contributed by atoms with Crippen molar-refractivity contribution in [2.45, 2.75) is 6.18 Å². The molecule has 1 amide bonds. The minimum absolute atomic E-state index is 0.0437. The van der Waals surface area contributed by atoms with E-state index >= 15 is 0 Å². The molecule has 22 heavy (non-hydrogen) atoms. The van der Waals surface area contributed by atoms with Crippen molar-refractivity contribution in [1.29, 1.82) is 0 Å². The number of rotatable bonds is 8. The summed E-state index contributed by atoms with van der Waals surface area (Å²) in [6.07, 6.45) is -4.41. The molecule has 0 heterocycles. The molecule has 5 nitrogen and oxygen atoms in total. The second-order valence-corrected chi connectivity index (χ2v) is 5.21. The van der Waals surface area contributed by atoms with Crippen LogP contribution in [0.5, 0.6) is 5.75 Å². The number of hydrogen-bond donors (Lipinski definition) is 2. The average Bonchev–Trinajstić information content (AvgIpc) is 2.44. The highest BCUT2D eigenvalue weighted by atomic mass is 32.2. The molecule has 122 valence electrons. The fourth-order valence-corrected chi connectivity index (χ4v) is 1.93. The molecular formula is C13H14F3NO4S. The maximum atomic E-state index is 12.3. The average molecular weight is 337 g/mol. The molecule has 0 aliphatic rings. The van der Waals surface area contributed by atoms with Gasteiger partial charge < -0.3 is 15.2 Å². The van der Waals surface area contributed by atoms with Crippen LogP contribution in [0.2, 0.25) is 0 Å². The van der Waals surface area contributed by atoms with Gasteiger partial charge in [0.1, 0.15) is 5.75 Å². The zero-order valence-electron chi connectivity index (χ0n) is 11.4. The predicted molar refractivity (Wildman–Crippen MR) is 74.9 cm³/mol. The number of carbonyl (C=O) groups is 2. The number of carboxylic acid groups (broad SMARTS) is 1. The quantitative estimate of drug-likeness (QED) is 0.710. The Hall–Kier alpha value is -1.90. The molecule has 0 aromatic heterocycles. The minimum atomic E-state index is -4.41. The van der Waals surface area contributed by atoms with E-state index in [4.69, 9.17) is 9.84 Å². The van der Waals surface area contributed by atoms with Crippen LogP contribution in [0, 0.1) is 0 Å². The lowest BCUT2D eigenvalue weighted by molar-refractivity contribution is -0.137. The molecule has 0 bridgehead atoms. The number of thioether (sulfide) groups is 1. The van der Waals surface area contributed by atoms with Crippen molar-refractivity contribution < 1.29 is 32.6 Å². The molecule has 1 aromatic carbocycles. The standard InChI is InChI=1S/C13H14F3NO4S/c14-13(15,16)9-1-3-10(4-2-9)21-7-11(18)17-5-6-22-8-12(19)20/h1-4H,5-8H2,(H,17,18)(H,19,20). The highest BCUT2D eigenvalue weighted by Crippen LogP contribution is 2.30. The third-order valence-electron chi connectivity index (χ3n) is 2.35. The van der Waals surface area contributed by atoms with Crippen LogP contribution < -0.4 is 10.1 Å². The number of alkyl halides is 3. The summed E-state index contributed by atoms with van der Waals surface area (Å²) in [5, 5.41) is 10.9. The summed E-state index contributed by atoms with van der Waals surface area (Å²) in [4.78, 5) is 21.6. The summed E-state index contributed by atoms with van der Waals surface area (Å²) in [5.74, 6) is -0.808. The topological polar surface area (TPSA) is 75.6 Å². The number of carbonyl (C=O) groups excluding carboxylic acids is 1. The number of nitrogens with one attached hydrogen (secondary N) is 1. The van der Waals surface area contributed by atoms with E-state index in [-0.39, 0.29) is 24.7 Å². The molecule has 0 saturated heterocycles. The lowest BCUT2D eigenvalue weighted by Gasteiger charge is -2.09. The Morgan fingerprint density at radius 1 is 1.23 bits per heavy atom. The zero-order chi connectivity index (χ0) is 16.6. The van der Waals surface area contributed by atoms with E-state index in [2.05, 4.69) is 5.32 Å². The number of benzene rings is 1. The Bertz CT molecular complexity index is 505. The van der Waals surface area contributed by atoms with E-state index in [0.717, 1.165) is 36.0 Å². The number of ether oxygens (including phenoxy) is 1. The van der Waals surface area contributed by atoms with Gasteiger partial charge in [-0.3, -0.25) is 9.59 Å². The number of aliphatic carboxylic acids is 1. The summed E-state index contributed by atoms with van der Waals surface area (Å²) in [5.41, 5.74) is -0.792. The van der Waals surface area contributed by atoms with E-state index in [0.29, 0.717) is 5.75 Å². The lowest BCUT2D eigenvalue weighted by atomic mass is 10.2. The fourth-order valence-electron chi connectivity index (χ4n) is 1.36. The van der Waals surface area contributed by atoms with Gasteiger partial charge in [0.2, 0.25) is 0 Å². The first-order valence-corrected chi connectivity index (χ1v) is 7.31. The van der Waals surface area contributed by atoms with Gasteiger partial charge in [-0.2, -0.15) is 13.2 Å². The molecule has 0 saturated carbocycles. The van der Waals surface area contributed by atoms with Crippen LogP contribution in [0.15, 0.2) is 24.3 Å². The van der Waals surface area contributed by atoms with Gasteiger partial charge in [-0.1, -0.05) is 0 Å². The molecule has 0 aliphatic heterocycles. The first-order valence-electron chi connectivity index (χ1n) is 6.15. The van der Waals surface area contributed by atoms with Gasteiger partial charge in [0.25, 0.3) is 5.91 Å². The van der Waals surface area contributed by atoms with Crippen molar-refractivity contribution in [3.8, 4) is 5.75 Å². The summed E-state index contributed by atoms with van der Waals surface area (Å²) in [6.45, 7) is -0.0396. The number of carboxylic acids is 1. The Balaban J connectivity index is 2.25. The Morgan fingerprint density at radius 3 is 2.41 bits per heavy atom. The largest absolute Gasteiger partial charge is 0.484 e. The molecule has 1 aromatic rings. The lowest BCUT2D eigenvalue weighted by Crippen LogP contribution is -2.30. The minimum Gasteiger partial charge on any atom is -0.484 e. The Morgan fingerprint density at radius 2 is 1.86 bits per heavy atom. The van der Waals surface area contributed by atoms with E-state index < -0.39 is 23.6 Å². The van der Waals surface area contributed by atoms with Gasteiger partial charge in [-0.15, -0.1) is 11.8 Å². The highest BCUT2D eigenvalue weighted by Gasteiger charge is 2.30. The molecule has 0 unspecified atom stereocenters. The third kappa shape index (κ3) is 7.21. The molecular weight excluding hydrogens is 323 g/mol. The Kier molecular flexibility index (Phi) is 7.03. The third-order valence-corrected chi connectivity index (χ3v) is 3.29. The molecule has 1 rings (SSSR count). The van der Waals surface area contributed by atoms with Gasteiger partial charge in [0.05, 0.1) is 11.3 Å². The predicted octanol–water partition coefficient (Wildman–Crippen LogP) is 2.02. The van der Waals surface area contributed by atoms with E-state index in [1.54, 1.807) is 0 Å². The van der Waals surface area contributed by atoms with Crippen molar-refractivity contribution >= 4 is 23.6 Å². The molecule has 2 N–H and O–H groups in total. The van der Waals surface area contributed by atoms with Gasteiger partial charge in [0, 0.05) is 12.3 Å². The Labute approximate surface area is 128 Å². The van der Waals surface area contributed by atoms with Gasteiger partial charge in [-0.05, 0) is 24.3 Å². The first-order chi connectivity index (χ1) is 10.3. The molecule has 0 spiro atoms. The van der Waals surface area contributed by atoms with Crippen LogP contribution in [0.4, 0.5) is 13.2 Å². The van der Waals surface area contributed by atoms with Crippen LogP contribution >= 0.6 is 11.8 Å². The van der Waals surface area contributed by atoms with E-state index in [9.17, 15) is 22.8 Å². The fraction of sp³-hybridized carbons (Fsp3) is 0.385. The van der Waals surface area contributed by atoms with Crippen molar-refractivity contribution in [1.82, 2.24) is 5.32 Å². The highest BCUT2D eigenvalue weighted by molar-refractivity contribution is 7.99. The molecule has 0 aliphatic carbocycles. The molecule has 0 fully saturated rings. The summed E-state index contributed by atoms with van der Waals surface area (Å²) < 4.78 is 42.1. The monoisotopic (exact) mass is 337 g/mol. The molecule has 0 radical (unpaired) electrons. The van der Waals surface area contributed by atoms with Gasteiger partial charge in [0.15, 0.2) is 6.61 Å². The summed E-state index contributed by atoms with van der Waals surface area (Å²) in [6, 6.07) is 4.02. The van der Waals surface area contributed by atoms with Crippen LogP contribution in [-0.4, -0.2) is 41.6 Å². The smallest absolute Gasteiger partial charge is 0.416 e. The maximum Gasteiger partial charge on any atom is 0.416 e. The van der Waals surface area contributed by atoms with Crippen LogP contribution in [0.25, 0.3) is 0 Å². The van der Waals surface area contributed by atoms with Crippen LogP contribution in [0.1, 0.15) is 5.56 Å². The van der Waals surface area contributed by atoms with Crippen molar-refractivity contribution in [3.05, 3.63) is 29.8 Å². The number of halogens is 3. The molecule has 0 atom stereocenters. The summed E-state index contributed by atoms with van der Waals surface area (Å²) >= 11 is 1.16. The van der Waals surface area contributed by atoms with E-state index in [1.807, 2.05) is 0 Å². The first kappa shape index (κ1) is 18.1. The number of amides is 1. The normalized spacial score (nSPS) is 11.0. The SMILES string of the molecule is O=C(O)CSCCNC(=O)COc1ccc(C(F)(F)F)cc1. The summed E-state index contributed by atoms with van der Waals surface area (Å²) in [7, 11) is 0. The van der Waals surface area contributed by atoms with E-state index in [1.165, 1.54) is 0 Å². The zero-order valence-corrected chi connectivity index (χ0v) is 12.2.